The van der Waals surface area contributed by atoms with Crippen molar-refractivity contribution in [3.05, 3.63) is 68.5 Å². The second kappa shape index (κ2) is 11.5. The molecule has 172 valence electrons. The minimum Gasteiger partial charge on any atom is -0.468 e. The van der Waals surface area contributed by atoms with Gasteiger partial charge in [-0.1, -0.05) is 30.3 Å². The molecule has 0 atom stereocenters. The number of carbonyl (C=O) groups is 3. The van der Waals surface area contributed by atoms with Gasteiger partial charge in [-0.05, 0) is 12.5 Å². The average Bonchev–Trinajstić information content (AvgIpc) is 2.78. The molecule has 0 aliphatic heterocycles. The number of amides is 2. The van der Waals surface area contributed by atoms with Crippen molar-refractivity contribution in [1.82, 2.24) is 19.5 Å². The van der Waals surface area contributed by atoms with Crippen molar-refractivity contribution in [2.45, 2.75) is 20.1 Å². The molecule has 3 N–H and O–H groups in total. The number of methoxy groups -OCH3 is 1. The van der Waals surface area contributed by atoms with Crippen LogP contribution in [-0.4, -0.2) is 64.2 Å². The number of ether oxygens (including phenoxy) is 2. The number of nitrogens with zero attached hydrogens (tertiary/aromatic N) is 3. The highest BCUT2D eigenvalue weighted by atomic mass is 16.6. The summed E-state index contributed by atoms with van der Waals surface area (Å²) >= 11 is 0. The van der Waals surface area contributed by atoms with Gasteiger partial charge in [-0.2, -0.15) is 0 Å². The topological polar surface area (TPSA) is 157 Å². The maximum Gasteiger partial charge on any atom is 0.424 e. The summed E-state index contributed by atoms with van der Waals surface area (Å²) in [5, 5.41) is 0.775. The lowest BCUT2D eigenvalue weighted by Gasteiger charge is -2.24. The number of benzene rings is 1. The Bertz CT molecular complexity index is 1060. The van der Waals surface area contributed by atoms with Crippen LogP contribution in [-0.2, 0) is 32.2 Å². The zero-order valence-corrected chi connectivity index (χ0v) is 17.8. The van der Waals surface area contributed by atoms with Crippen molar-refractivity contribution in [3.8, 4) is 0 Å². The number of aryl methyl sites for hydroxylation is 1. The number of H-pyrrole nitrogens is 1. The van der Waals surface area contributed by atoms with Gasteiger partial charge in [-0.25, -0.2) is 20.4 Å². The standard InChI is InChI=1S/C20H25N5O7/c1-14-10-24(19(29)22-18(14)28)11-16(26)23(12-17(27)31-2)8-9-25(21)20(30)32-13-15-6-4-3-5-7-15/h3-7,10H,8-9,11-13,21H2,1-2H3,(H,22,28,29). The second-order valence-electron chi connectivity index (χ2n) is 6.82. The van der Waals surface area contributed by atoms with Crippen LogP contribution in [0.25, 0.3) is 0 Å². The van der Waals surface area contributed by atoms with Crippen LogP contribution in [0.2, 0.25) is 0 Å². The minimum absolute atomic E-state index is 0.0205. The average molecular weight is 447 g/mol. The molecule has 1 heterocycles. The molecule has 0 radical (unpaired) electrons. The molecular weight excluding hydrogens is 422 g/mol. The molecule has 0 saturated carbocycles. The normalized spacial score (nSPS) is 10.3. The first kappa shape index (κ1) is 24.3. The monoisotopic (exact) mass is 447 g/mol. The number of hydrazine groups is 1. The van der Waals surface area contributed by atoms with Crippen LogP contribution in [0.1, 0.15) is 11.1 Å². The van der Waals surface area contributed by atoms with Gasteiger partial charge in [0, 0.05) is 18.3 Å². The van der Waals surface area contributed by atoms with Crippen molar-refractivity contribution < 1.29 is 23.9 Å². The highest BCUT2D eigenvalue weighted by Crippen LogP contribution is 2.02. The van der Waals surface area contributed by atoms with Gasteiger partial charge in [-0.15, -0.1) is 0 Å². The Morgan fingerprint density at radius 2 is 1.81 bits per heavy atom. The van der Waals surface area contributed by atoms with Crippen molar-refractivity contribution in [2.75, 3.05) is 26.7 Å². The fourth-order valence-electron chi connectivity index (χ4n) is 2.62. The summed E-state index contributed by atoms with van der Waals surface area (Å²) in [5.74, 6) is 4.40. The zero-order chi connectivity index (χ0) is 23.7. The van der Waals surface area contributed by atoms with E-state index in [1.165, 1.54) is 13.1 Å². The second-order valence-corrected chi connectivity index (χ2v) is 6.82. The SMILES string of the molecule is COC(=O)CN(CCN(N)C(=O)OCc1ccccc1)C(=O)Cn1cc(C)c(=O)[nH]c1=O. The fraction of sp³-hybridized carbons (Fsp3) is 0.350. The maximum absolute atomic E-state index is 12.7. The number of aromatic amines is 1. The molecule has 1 aromatic carbocycles. The number of nitrogens with one attached hydrogen (secondary N) is 1. The predicted molar refractivity (Wildman–Crippen MR) is 112 cm³/mol. The van der Waals surface area contributed by atoms with Gasteiger partial charge < -0.3 is 14.4 Å². The third kappa shape index (κ3) is 7.09. The van der Waals surface area contributed by atoms with Crippen LogP contribution in [0.3, 0.4) is 0 Å². The summed E-state index contributed by atoms with van der Waals surface area (Å²) in [4.78, 5) is 63.1. The first-order valence-corrected chi connectivity index (χ1v) is 9.59. The van der Waals surface area contributed by atoms with Gasteiger partial charge in [0.25, 0.3) is 5.56 Å². The molecule has 32 heavy (non-hydrogen) atoms. The minimum atomic E-state index is -0.813. The molecule has 2 aromatic rings. The number of esters is 1. The number of hydrogen-bond donors (Lipinski definition) is 2. The highest BCUT2D eigenvalue weighted by Gasteiger charge is 2.21. The Morgan fingerprint density at radius 3 is 2.47 bits per heavy atom. The van der Waals surface area contributed by atoms with E-state index < -0.39 is 42.3 Å². The van der Waals surface area contributed by atoms with Crippen LogP contribution >= 0.6 is 0 Å². The molecule has 0 spiro atoms. The summed E-state index contributed by atoms with van der Waals surface area (Å²) in [7, 11) is 1.16. The van der Waals surface area contributed by atoms with Crippen molar-refractivity contribution in [1.29, 1.82) is 0 Å². The number of aromatic nitrogens is 2. The summed E-state index contributed by atoms with van der Waals surface area (Å²) in [6, 6.07) is 9.00. The first-order valence-electron chi connectivity index (χ1n) is 9.59. The summed E-state index contributed by atoms with van der Waals surface area (Å²) in [5.41, 5.74) is -0.306. The lowest BCUT2D eigenvalue weighted by atomic mass is 10.2. The molecular formula is C20H25N5O7. The molecule has 12 heteroatoms. The Hall–Kier alpha value is -3.93. The molecule has 0 fully saturated rings. The third-order valence-corrected chi connectivity index (χ3v) is 4.45. The van der Waals surface area contributed by atoms with E-state index in [1.807, 2.05) is 6.07 Å². The lowest BCUT2D eigenvalue weighted by molar-refractivity contribution is -0.147. The molecule has 1 aromatic heterocycles. The zero-order valence-electron chi connectivity index (χ0n) is 17.8. The maximum atomic E-state index is 12.7. The molecule has 0 aliphatic carbocycles. The summed E-state index contributed by atoms with van der Waals surface area (Å²) < 4.78 is 10.7. The Morgan fingerprint density at radius 1 is 1.12 bits per heavy atom. The molecule has 0 saturated heterocycles. The van der Waals surface area contributed by atoms with E-state index in [1.54, 1.807) is 24.3 Å². The number of carbonyl (C=O) groups excluding carboxylic acids is 3. The van der Waals surface area contributed by atoms with E-state index in [0.717, 1.165) is 27.1 Å². The highest BCUT2D eigenvalue weighted by molar-refractivity contribution is 5.82. The first-order chi connectivity index (χ1) is 15.2. The Balaban J connectivity index is 2.00. The molecule has 0 unspecified atom stereocenters. The van der Waals surface area contributed by atoms with Crippen molar-refractivity contribution in [3.63, 3.8) is 0 Å². The third-order valence-electron chi connectivity index (χ3n) is 4.45. The van der Waals surface area contributed by atoms with Crippen LogP contribution in [0.5, 0.6) is 0 Å². The van der Waals surface area contributed by atoms with Gasteiger partial charge in [0.2, 0.25) is 5.91 Å². The molecule has 12 nitrogen and oxygen atoms in total. The van der Waals surface area contributed by atoms with E-state index in [2.05, 4.69) is 9.72 Å². The van der Waals surface area contributed by atoms with E-state index in [-0.39, 0.29) is 25.3 Å². The number of rotatable bonds is 9. The lowest BCUT2D eigenvalue weighted by Crippen LogP contribution is -2.47. The molecule has 0 aliphatic rings. The Kier molecular flexibility index (Phi) is 8.72. The van der Waals surface area contributed by atoms with Crippen LogP contribution in [0, 0.1) is 6.92 Å². The quantitative estimate of drug-likeness (QED) is 0.222. The van der Waals surface area contributed by atoms with Gasteiger partial charge in [-0.3, -0.25) is 23.9 Å². The fourth-order valence-corrected chi connectivity index (χ4v) is 2.62. The smallest absolute Gasteiger partial charge is 0.424 e. The largest absolute Gasteiger partial charge is 0.468 e. The van der Waals surface area contributed by atoms with Crippen molar-refractivity contribution in [2.24, 2.45) is 5.84 Å². The molecule has 2 amide bonds. The van der Waals surface area contributed by atoms with E-state index in [0.29, 0.717) is 0 Å². The van der Waals surface area contributed by atoms with Gasteiger partial charge in [0.1, 0.15) is 19.7 Å². The summed E-state index contributed by atoms with van der Waals surface area (Å²) in [6.07, 6.45) is 0.428. The van der Waals surface area contributed by atoms with Crippen molar-refractivity contribution >= 4 is 18.0 Å². The number of hydrogen-bond acceptors (Lipinski definition) is 8. The Labute approximate surface area is 183 Å². The van der Waals surface area contributed by atoms with E-state index in [4.69, 9.17) is 10.6 Å². The van der Waals surface area contributed by atoms with E-state index in [9.17, 15) is 24.0 Å². The molecule has 2 rings (SSSR count). The summed E-state index contributed by atoms with van der Waals surface area (Å²) in [6.45, 7) is 0.388. The van der Waals surface area contributed by atoms with Gasteiger partial charge in [0.05, 0.1) is 13.7 Å². The van der Waals surface area contributed by atoms with Gasteiger partial charge in [0.15, 0.2) is 0 Å². The molecule has 0 bridgehead atoms. The van der Waals surface area contributed by atoms with Crippen LogP contribution in [0.15, 0.2) is 46.1 Å². The van der Waals surface area contributed by atoms with Crippen LogP contribution in [0.4, 0.5) is 4.79 Å². The van der Waals surface area contributed by atoms with E-state index >= 15 is 0 Å². The van der Waals surface area contributed by atoms with Gasteiger partial charge >= 0.3 is 17.8 Å². The number of nitrogens with two attached hydrogens (primary N) is 1. The predicted octanol–water partition coefficient (Wildman–Crippen LogP) is -0.641. The van der Waals surface area contributed by atoms with Crippen LogP contribution < -0.4 is 17.1 Å².